The fourth-order valence-electron chi connectivity index (χ4n) is 3.33. The summed E-state index contributed by atoms with van der Waals surface area (Å²) in [5.74, 6) is -0.528. The van der Waals surface area contributed by atoms with E-state index in [4.69, 9.17) is 5.21 Å². The van der Waals surface area contributed by atoms with Crippen LogP contribution >= 0.6 is 0 Å². The fourth-order valence-corrected chi connectivity index (χ4v) is 3.33. The number of nitrogens with zero attached hydrogens (tertiary/aromatic N) is 3. The Hall–Kier alpha value is -2.44. The Bertz CT molecular complexity index is 736. The summed E-state index contributed by atoms with van der Waals surface area (Å²) < 4.78 is 2.00. The molecule has 1 saturated heterocycles. The number of carbonyl (C=O) groups is 1. The molecule has 1 fully saturated rings. The molecule has 0 saturated carbocycles. The molecule has 0 unspecified atom stereocenters. The number of aryl methyl sites for hydroxylation is 1. The molecule has 6 heteroatoms. The van der Waals surface area contributed by atoms with E-state index in [1.165, 1.54) is 24.5 Å². The van der Waals surface area contributed by atoms with E-state index in [-0.39, 0.29) is 0 Å². The van der Waals surface area contributed by atoms with Gasteiger partial charge in [0.1, 0.15) is 0 Å². The van der Waals surface area contributed by atoms with Gasteiger partial charge in [-0.25, -0.2) is 5.48 Å². The minimum absolute atomic E-state index is 0.440. The Morgan fingerprint density at radius 2 is 2.12 bits per heavy atom. The normalized spacial score (nSPS) is 18.1. The number of benzene rings is 1. The molecule has 2 aromatic rings. The Morgan fingerprint density at radius 1 is 1.32 bits per heavy atom. The molecule has 1 aromatic heterocycles. The van der Waals surface area contributed by atoms with Crippen molar-refractivity contribution in [1.82, 2.24) is 20.2 Å². The second-order valence-corrected chi connectivity index (χ2v) is 6.39. The van der Waals surface area contributed by atoms with Crippen molar-refractivity contribution in [3.8, 4) is 0 Å². The number of amides is 1. The van der Waals surface area contributed by atoms with Crippen molar-refractivity contribution in [3.63, 3.8) is 0 Å². The Labute approximate surface area is 147 Å². The van der Waals surface area contributed by atoms with Gasteiger partial charge < -0.3 is 0 Å². The number of hydrogen-bond acceptors (Lipinski definition) is 4. The highest BCUT2D eigenvalue weighted by Gasteiger charge is 2.25. The summed E-state index contributed by atoms with van der Waals surface area (Å²) >= 11 is 0. The van der Waals surface area contributed by atoms with Crippen molar-refractivity contribution >= 4 is 12.0 Å². The summed E-state index contributed by atoms with van der Waals surface area (Å²) in [5.41, 5.74) is 4.88. The van der Waals surface area contributed by atoms with Crippen LogP contribution in [0.15, 0.2) is 42.6 Å². The van der Waals surface area contributed by atoms with Crippen molar-refractivity contribution < 1.29 is 10.0 Å². The summed E-state index contributed by atoms with van der Waals surface area (Å²) in [6.07, 6.45) is 7.40. The first kappa shape index (κ1) is 17.4. The maximum absolute atomic E-state index is 11.0. The van der Waals surface area contributed by atoms with E-state index in [9.17, 15) is 4.79 Å². The monoisotopic (exact) mass is 340 g/mol. The standard InChI is InChI=1S/C19H24N4O2/c1-15-10-12-23(20-15)14-13-22-11-2-3-18(22)17-7-4-16(5-8-17)6-9-19(24)21-25/h4-10,12,18,25H,2-3,11,13-14H2,1H3,(H,21,24)/b9-6+/t18-/m0/s1. The van der Waals surface area contributed by atoms with Gasteiger partial charge in [-0.05, 0) is 49.6 Å². The second-order valence-electron chi connectivity index (χ2n) is 6.39. The van der Waals surface area contributed by atoms with Gasteiger partial charge in [0, 0.05) is 24.9 Å². The van der Waals surface area contributed by atoms with Crippen LogP contribution in [0.2, 0.25) is 0 Å². The average Bonchev–Trinajstić information content (AvgIpc) is 3.27. The summed E-state index contributed by atoms with van der Waals surface area (Å²) in [5, 5.41) is 13.0. The number of aromatic nitrogens is 2. The molecule has 1 amide bonds. The molecule has 6 nitrogen and oxygen atoms in total. The third-order valence-electron chi connectivity index (χ3n) is 4.61. The predicted molar refractivity (Wildman–Crippen MR) is 95.9 cm³/mol. The van der Waals surface area contributed by atoms with E-state index in [0.717, 1.165) is 30.9 Å². The van der Waals surface area contributed by atoms with Crippen LogP contribution in [0.5, 0.6) is 0 Å². The fraction of sp³-hybridized carbons (Fsp3) is 0.368. The van der Waals surface area contributed by atoms with Gasteiger partial charge in [0.2, 0.25) is 0 Å². The van der Waals surface area contributed by atoms with Gasteiger partial charge in [-0.15, -0.1) is 0 Å². The van der Waals surface area contributed by atoms with Gasteiger partial charge in [-0.1, -0.05) is 24.3 Å². The van der Waals surface area contributed by atoms with Crippen LogP contribution in [-0.4, -0.2) is 38.9 Å². The van der Waals surface area contributed by atoms with Crippen LogP contribution in [0.3, 0.4) is 0 Å². The van der Waals surface area contributed by atoms with Crippen LogP contribution in [0, 0.1) is 6.92 Å². The molecule has 1 aliphatic rings. The van der Waals surface area contributed by atoms with Gasteiger partial charge in [0.25, 0.3) is 5.91 Å². The predicted octanol–water partition coefficient (Wildman–Crippen LogP) is 2.55. The van der Waals surface area contributed by atoms with Crippen LogP contribution in [0.1, 0.15) is 35.7 Å². The van der Waals surface area contributed by atoms with Crippen LogP contribution in [-0.2, 0) is 11.3 Å². The molecule has 1 aliphatic heterocycles. The number of hydroxylamine groups is 1. The van der Waals surface area contributed by atoms with Crippen molar-refractivity contribution in [1.29, 1.82) is 0 Å². The smallest absolute Gasteiger partial charge is 0.267 e. The van der Waals surface area contributed by atoms with Crippen LogP contribution in [0.25, 0.3) is 6.08 Å². The third kappa shape index (κ3) is 4.55. The maximum atomic E-state index is 11.0. The number of nitrogens with one attached hydrogen (secondary N) is 1. The molecule has 3 rings (SSSR count). The third-order valence-corrected chi connectivity index (χ3v) is 4.61. The molecule has 2 N–H and O–H groups in total. The zero-order valence-corrected chi connectivity index (χ0v) is 14.4. The largest absolute Gasteiger partial charge is 0.294 e. The highest BCUT2D eigenvalue weighted by Crippen LogP contribution is 2.31. The molecule has 2 heterocycles. The van der Waals surface area contributed by atoms with Crippen LogP contribution in [0.4, 0.5) is 0 Å². The zero-order valence-electron chi connectivity index (χ0n) is 14.4. The molecule has 0 radical (unpaired) electrons. The number of rotatable bonds is 6. The van der Waals surface area contributed by atoms with Crippen molar-refractivity contribution in [3.05, 3.63) is 59.4 Å². The SMILES string of the molecule is Cc1ccn(CCN2CCC[C@H]2c2ccc(/C=C/C(=O)NO)cc2)n1. The quantitative estimate of drug-likeness (QED) is 0.482. The summed E-state index contributed by atoms with van der Waals surface area (Å²) in [4.78, 5) is 13.5. The van der Waals surface area contributed by atoms with E-state index in [2.05, 4.69) is 22.1 Å². The van der Waals surface area contributed by atoms with E-state index in [1.54, 1.807) is 11.6 Å². The number of carbonyl (C=O) groups excluding carboxylic acids is 1. The Morgan fingerprint density at radius 3 is 2.80 bits per heavy atom. The Kier molecular flexibility index (Phi) is 5.63. The molecule has 0 bridgehead atoms. The molecular weight excluding hydrogens is 316 g/mol. The second kappa shape index (κ2) is 8.09. The molecular formula is C19H24N4O2. The first-order valence-electron chi connectivity index (χ1n) is 8.62. The molecule has 132 valence electrons. The van der Waals surface area contributed by atoms with E-state index >= 15 is 0 Å². The van der Waals surface area contributed by atoms with Gasteiger partial charge in [0.05, 0.1) is 12.2 Å². The summed E-state index contributed by atoms with van der Waals surface area (Å²) in [7, 11) is 0. The van der Waals surface area contributed by atoms with E-state index < -0.39 is 5.91 Å². The molecule has 0 spiro atoms. The molecule has 25 heavy (non-hydrogen) atoms. The van der Waals surface area contributed by atoms with Gasteiger partial charge in [-0.3, -0.25) is 19.6 Å². The molecule has 1 aromatic carbocycles. The van der Waals surface area contributed by atoms with Gasteiger partial charge in [0.15, 0.2) is 0 Å². The highest BCUT2D eigenvalue weighted by atomic mass is 16.5. The average molecular weight is 340 g/mol. The minimum atomic E-state index is -0.528. The lowest BCUT2D eigenvalue weighted by Crippen LogP contribution is -2.27. The van der Waals surface area contributed by atoms with E-state index in [1.807, 2.05) is 36.0 Å². The molecule has 1 atom stereocenters. The lowest BCUT2D eigenvalue weighted by molar-refractivity contribution is -0.124. The van der Waals surface area contributed by atoms with Crippen molar-refractivity contribution in [2.75, 3.05) is 13.1 Å². The number of likely N-dealkylation sites (tertiary alicyclic amines) is 1. The lowest BCUT2D eigenvalue weighted by atomic mass is 10.0. The first-order valence-corrected chi connectivity index (χ1v) is 8.62. The van der Waals surface area contributed by atoms with E-state index in [0.29, 0.717) is 6.04 Å². The van der Waals surface area contributed by atoms with Crippen LogP contribution < -0.4 is 5.48 Å². The number of hydrogen-bond donors (Lipinski definition) is 2. The maximum Gasteiger partial charge on any atom is 0.267 e. The topological polar surface area (TPSA) is 70.4 Å². The van der Waals surface area contributed by atoms with Gasteiger partial charge in [-0.2, -0.15) is 5.10 Å². The van der Waals surface area contributed by atoms with Crippen molar-refractivity contribution in [2.45, 2.75) is 32.4 Å². The molecule has 0 aliphatic carbocycles. The van der Waals surface area contributed by atoms with Gasteiger partial charge >= 0.3 is 0 Å². The first-order chi connectivity index (χ1) is 12.2. The lowest BCUT2D eigenvalue weighted by Gasteiger charge is -2.25. The Balaban J connectivity index is 1.61. The summed E-state index contributed by atoms with van der Waals surface area (Å²) in [6, 6.07) is 10.7. The zero-order chi connectivity index (χ0) is 17.6. The highest BCUT2D eigenvalue weighted by molar-refractivity contribution is 5.90. The summed E-state index contributed by atoms with van der Waals surface area (Å²) in [6.45, 7) is 5.02. The van der Waals surface area contributed by atoms with Crippen molar-refractivity contribution in [2.24, 2.45) is 0 Å². The minimum Gasteiger partial charge on any atom is -0.294 e.